The molecular weight excluding hydrogens is 287 g/mol. The Hall–Kier alpha value is -2.13. The summed E-state index contributed by atoms with van der Waals surface area (Å²) in [6.07, 6.45) is 0. The minimum atomic E-state index is -1.84. The molecule has 0 saturated carbocycles. The van der Waals surface area contributed by atoms with Crippen LogP contribution in [-0.4, -0.2) is 4.21 Å². The highest BCUT2D eigenvalue weighted by molar-refractivity contribution is 7.84. The SMILES string of the molecule is N#Cc1ccc(CS(=O)c2ccc(F)cc2F)c(F)c1. The molecule has 2 rings (SSSR count). The van der Waals surface area contributed by atoms with E-state index in [2.05, 4.69) is 0 Å². The molecule has 0 amide bonds. The van der Waals surface area contributed by atoms with Gasteiger partial charge in [0.05, 0.1) is 33.1 Å². The molecule has 0 saturated heterocycles. The van der Waals surface area contributed by atoms with Gasteiger partial charge in [-0.25, -0.2) is 13.2 Å². The fraction of sp³-hybridized carbons (Fsp3) is 0.0714. The van der Waals surface area contributed by atoms with Crippen molar-refractivity contribution in [2.75, 3.05) is 0 Å². The summed E-state index contributed by atoms with van der Waals surface area (Å²) in [6, 6.07) is 8.20. The number of rotatable bonds is 3. The van der Waals surface area contributed by atoms with Gasteiger partial charge >= 0.3 is 0 Å². The predicted molar refractivity (Wildman–Crippen MR) is 67.6 cm³/mol. The molecule has 102 valence electrons. The van der Waals surface area contributed by atoms with Crippen LogP contribution in [0.25, 0.3) is 0 Å². The molecule has 0 spiro atoms. The van der Waals surface area contributed by atoms with E-state index in [0.717, 1.165) is 18.2 Å². The first kappa shape index (κ1) is 14.3. The molecule has 0 heterocycles. The van der Waals surface area contributed by atoms with Gasteiger partial charge in [-0.1, -0.05) is 6.07 Å². The summed E-state index contributed by atoms with van der Waals surface area (Å²) in [5, 5.41) is 8.61. The summed E-state index contributed by atoms with van der Waals surface area (Å²) in [5.74, 6) is -2.63. The van der Waals surface area contributed by atoms with Crippen molar-refractivity contribution >= 4 is 10.8 Å². The van der Waals surface area contributed by atoms with Gasteiger partial charge in [0.1, 0.15) is 17.5 Å². The zero-order valence-corrected chi connectivity index (χ0v) is 10.9. The molecule has 2 nitrogen and oxygen atoms in total. The highest BCUT2D eigenvalue weighted by atomic mass is 32.2. The summed E-state index contributed by atoms with van der Waals surface area (Å²) < 4.78 is 51.8. The topological polar surface area (TPSA) is 40.9 Å². The summed E-state index contributed by atoms with van der Waals surface area (Å²) >= 11 is 0. The minimum absolute atomic E-state index is 0.103. The van der Waals surface area contributed by atoms with Crippen LogP contribution < -0.4 is 0 Å². The summed E-state index contributed by atoms with van der Waals surface area (Å²) in [6.45, 7) is 0. The fourth-order valence-electron chi connectivity index (χ4n) is 1.61. The lowest BCUT2D eigenvalue weighted by atomic mass is 10.1. The third-order valence-corrected chi connectivity index (χ3v) is 4.00. The van der Waals surface area contributed by atoms with Crippen LogP contribution >= 0.6 is 0 Å². The highest BCUT2D eigenvalue weighted by Gasteiger charge is 2.14. The number of benzene rings is 2. The molecule has 0 radical (unpaired) electrons. The zero-order chi connectivity index (χ0) is 14.7. The van der Waals surface area contributed by atoms with Gasteiger partial charge in [-0.15, -0.1) is 0 Å². The van der Waals surface area contributed by atoms with E-state index in [1.807, 2.05) is 0 Å². The van der Waals surface area contributed by atoms with Crippen molar-refractivity contribution in [1.29, 1.82) is 5.26 Å². The van der Waals surface area contributed by atoms with Crippen molar-refractivity contribution in [3.63, 3.8) is 0 Å². The van der Waals surface area contributed by atoms with Gasteiger partial charge in [0.2, 0.25) is 0 Å². The summed E-state index contributed by atoms with van der Waals surface area (Å²) in [5.41, 5.74) is 0.246. The Balaban J connectivity index is 2.26. The Morgan fingerprint density at radius 1 is 1.05 bits per heavy atom. The second kappa shape index (κ2) is 5.88. The fourth-order valence-corrected chi connectivity index (χ4v) is 2.78. The molecule has 20 heavy (non-hydrogen) atoms. The van der Waals surface area contributed by atoms with Gasteiger partial charge < -0.3 is 0 Å². The van der Waals surface area contributed by atoms with E-state index in [1.165, 1.54) is 12.1 Å². The first-order chi connectivity index (χ1) is 9.51. The van der Waals surface area contributed by atoms with Crippen molar-refractivity contribution in [2.24, 2.45) is 0 Å². The van der Waals surface area contributed by atoms with Crippen LogP contribution in [0.1, 0.15) is 11.1 Å². The van der Waals surface area contributed by atoms with E-state index in [4.69, 9.17) is 5.26 Å². The average Bonchev–Trinajstić information content (AvgIpc) is 2.40. The molecule has 0 aliphatic heterocycles. The Labute approximate surface area is 115 Å². The third-order valence-electron chi connectivity index (χ3n) is 2.61. The van der Waals surface area contributed by atoms with E-state index < -0.39 is 28.3 Å². The van der Waals surface area contributed by atoms with Crippen molar-refractivity contribution in [1.82, 2.24) is 0 Å². The molecule has 0 fully saturated rings. The summed E-state index contributed by atoms with van der Waals surface area (Å²) in [7, 11) is -1.84. The molecule has 0 bridgehead atoms. The number of hydrogen-bond donors (Lipinski definition) is 0. The van der Waals surface area contributed by atoms with Crippen molar-refractivity contribution in [3.05, 3.63) is 65.0 Å². The molecule has 1 unspecified atom stereocenters. The molecule has 2 aromatic carbocycles. The molecule has 6 heteroatoms. The first-order valence-corrected chi connectivity index (χ1v) is 6.85. The molecule has 0 aromatic heterocycles. The van der Waals surface area contributed by atoms with Crippen LogP contribution in [-0.2, 0) is 16.6 Å². The largest absolute Gasteiger partial charge is 0.254 e. The van der Waals surface area contributed by atoms with E-state index in [-0.39, 0.29) is 21.8 Å². The quantitative estimate of drug-likeness (QED) is 0.872. The first-order valence-electron chi connectivity index (χ1n) is 5.53. The lowest BCUT2D eigenvalue weighted by molar-refractivity contribution is 0.562. The van der Waals surface area contributed by atoms with E-state index in [1.54, 1.807) is 6.07 Å². The molecule has 0 N–H and O–H groups in total. The van der Waals surface area contributed by atoms with Gasteiger partial charge in [0.25, 0.3) is 0 Å². The predicted octanol–water partition coefficient (Wildman–Crippen LogP) is 3.28. The van der Waals surface area contributed by atoms with Crippen LogP contribution in [0.3, 0.4) is 0 Å². The van der Waals surface area contributed by atoms with Crippen LogP contribution in [0.2, 0.25) is 0 Å². The second-order valence-electron chi connectivity index (χ2n) is 3.98. The Morgan fingerprint density at radius 3 is 2.40 bits per heavy atom. The second-order valence-corrected chi connectivity index (χ2v) is 5.40. The lowest BCUT2D eigenvalue weighted by Gasteiger charge is -2.05. The van der Waals surface area contributed by atoms with Gasteiger partial charge in [0, 0.05) is 11.6 Å². The van der Waals surface area contributed by atoms with Crippen molar-refractivity contribution < 1.29 is 17.4 Å². The summed E-state index contributed by atoms with van der Waals surface area (Å²) in [4.78, 5) is -0.185. The molecule has 0 aliphatic carbocycles. The molecule has 0 aliphatic rings. The maximum atomic E-state index is 13.6. The number of halogens is 3. The van der Waals surface area contributed by atoms with E-state index >= 15 is 0 Å². The van der Waals surface area contributed by atoms with Crippen molar-refractivity contribution in [2.45, 2.75) is 10.6 Å². The molecule has 2 aromatic rings. The minimum Gasteiger partial charge on any atom is -0.254 e. The van der Waals surface area contributed by atoms with Crippen molar-refractivity contribution in [3.8, 4) is 6.07 Å². The maximum absolute atomic E-state index is 13.6. The number of nitrogens with zero attached hydrogens (tertiary/aromatic N) is 1. The van der Waals surface area contributed by atoms with Gasteiger partial charge in [-0.2, -0.15) is 5.26 Å². The maximum Gasteiger partial charge on any atom is 0.142 e. The van der Waals surface area contributed by atoms with Gasteiger partial charge in [0.15, 0.2) is 0 Å². The molecular formula is C14H8F3NOS. The highest BCUT2D eigenvalue weighted by Crippen LogP contribution is 2.19. The van der Waals surface area contributed by atoms with Gasteiger partial charge in [-0.05, 0) is 24.3 Å². The van der Waals surface area contributed by atoms with Crippen LogP contribution in [0.4, 0.5) is 13.2 Å². The molecule has 1 atom stereocenters. The average molecular weight is 295 g/mol. The van der Waals surface area contributed by atoms with E-state index in [9.17, 15) is 17.4 Å². The Kier molecular flexibility index (Phi) is 4.20. The number of hydrogen-bond acceptors (Lipinski definition) is 2. The zero-order valence-electron chi connectivity index (χ0n) is 10.1. The monoisotopic (exact) mass is 295 g/mol. The third kappa shape index (κ3) is 3.06. The van der Waals surface area contributed by atoms with Crippen LogP contribution in [0, 0.1) is 28.8 Å². The van der Waals surface area contributed by atoms with Crippen LogP contribution in [0.15, 0.2) is 41.3 Å². The normalized spacial score (nSPS) is 11.9. The van der Waals surface area contributed by atoms with Gasteiger partial charge in [-0.3, -0.25) is 4.21 Å². The standard InChI is InChI=1S/C14H8F3NOS/c15-11-3-4-14(13(17)6-11)20(19)8-10-2-1-9(7-18)5-12(10)16/h1-6H,8H2. The Morgan fingerprint density at radius 2 is 1.80 bits per heavy atom. The van der Waals surface area contributed by atoms with E-state index in [0.29, 0.717) is 6.07 Å². The van der Waals surface area contributed by atoms with Crippen LogP contribution in [0.5, 0.6) is 0 Å². The Bertz CT molecular complexity index is 725. The smallest absolute Gasteiger partial charge is 0.142 e. The number of nitriles is 1. The lowest BCUT2D eigenvalue weighted by Crippen LogP contribution is -2.02.